The van der Waals surface area contributed by atoms with E-state index in [1.165, 1.54) is 0 Å². The van der Waals surface area contributed by atoms with E-state index in [-0.39, 0.29) is 43.3 Å². The lowest BCUT2D eigenvalue weighted by atomic mass is 9.93. The van der Waals surface area contributed by atoms with Crippen LogP contribution in [0.2, 0.25) is 0 Å². The lowest BCUT2D eigenvalue weighted by molar-refractivity contribution is -0.150. The van der Waals surface area contributed by atoms with Gasteiger partial charge in [-0.2, -0.15) is 0 Å². The minimum absolute atomic E-state index is 0.00169. The average molecular weight is 583 g/mol. The van der Waals surface area contributed by atoms with Gasteiger partial charge in [-0.25, -0.2) is 0 Å². The fourth-order valence-electron chi connectivity index (χ4n) is 5.40. The van der Waals surface area contributed by atoms with E-state index in [2.05, 4.69) is 10.6 Å². The third-order valence-corrected chi connectivity index (χ3v) is 7.79. The van der Waals surface area contributed by atoms with Crippen LogP contribution in [0, 0.1) is 11.8 Å². The van der Waals surface area contributed by atoms with Crippen LogP contribution in [0.25, 0.3) is 0 Å². The van der Waals surface area contributed by atoms with E-state index in [0.717, 1.165) is 29.5 Å². The monoisotopic (exact) mass is 582 g/mol. The second kappa shape index (κ2) is 17.0. The van der Waals surface area contributed by atoms with Gasteiger partial charge in [-0.15, -0.1) is 0 Å². The summed E-state index contributed by atoms with van der Waals surface area (Å²) in [5.41, 5.74) is 2.91. The topological polar surface area (TPSA) is 105 Å². The molecule has 0 spiro atoms. The van der Waals surface area contributed by atoms with Crippen LogP contribution in [-0.4, -0.2) is 42.1 Å². The van der Waals surface area contributed by atoms with Crippen molar-refractivity contribution in [3.8, 4) is 0 Å². The van der Waals surface area contributed by atoms with Crippen LogP contribution >= 0.6 is 0 Å². The van der Waals surface area contributed by atoms with Gasteiger partial charge in [0, 0.05) is 6.42 Å². The van der Waals surface area contributed by atoms with E-state index in [1.807, 2.05) is 103 Å². The Kier molecular flexibility index (Phi) is 12.5. The SMILES string of the molecule is O=C(C[C@H]1C/C=C\CCC[C@H](Cc2ccccc2)C(=O)OC[C@H](c2ccccc2)NC1=O)N[C@@H](CO)Cc1ccccc1. The summed E-state index contributed by atoms with van der Waals surface area (Å²) in [6, 6.07) is 28.0. The number of aliphatic hydroxyl groups excluding tert-OH is 1. The molecule has 3 aromatic rings. The fraction of sp³-hybridized carbons (Fsp3) is 0.361. The quantitative estimate of drug-likeness (QED) is 0.241. The normalized spacial score (nSPS) is 21.5. The van der Waals surface area contributed by atoms with Gasteiger partial charge in [-0.05, 0) is 55.2 Å². The molecule has 4 atom stereocenters. The average Bonchev–Trinajstić information content (AvgIpc) is 3.03. The number of hydrogen-bond donors (Lipinski definition) is 3. The third-order valence-electron chi connectivity index (χ3n) is 7.79. The lowest BCUT2D eigenvalue weighted by Gasteiger charge is -2.25. The summed E-state index contributed by atoms with van der Waals surface area (Å²) in [6.45, 7) is -0.206. The molecule has 3 N–H and O–H groups in total. The van der Waals surface area contributed by atoms with Gasteiger partial charge in [0.1, 0.15) is 6.61 Å². The lowest BCUT2D eigenvalue weighted by Crippen LogP contribution is -2.42. The van der Waals surface area contributed by atoms with Gasteiger partial charge in [0.05, 0.1) is 30.5 Å². The Bertz CT molecular complexity index is 1310. The number of carbonyl (C=O) groups excluding carboxylic acids is 3. The standard InChI is InChI=1S/C36H42N2O5/c39-25-32(23-28-16-8-4-9-17-28)37-34(40)24-30-20-10-1-2-11-21-31(22-27-14-6-3-7-15-27)36(42)43-26-33(38-35(30)41)29-18-12-5-13-19-29/h1,3-10,12-19,30-33,39H,2,11,20-26H2,(H,37,40)(H,38,41)/b10-1-/t30-,31-,32-,33-/m1/s1. The molecule has 1 aliphatic rings. The zero-order valence-corrected chi connectivity index (χ0v) is 24.6. The Balaban J connectivity index is 1.47. The predicted molar refractivity (Wildman–Crippen MR) is 167 cm³/mol. The summed E-state index contributed by atoms with van der Waals surface area (Å²) in [6.07, 6.45) is 7.70. The minimum atomic E-state index is -0.622. The molecular formula is C36H42N2O5. The van der Waals surface area contributed by atoms with Gasteiger partial charge in [0.25, 0.3) is 0 Å². The van der Waals surface area contributed by atoms with Crippen molar-refractivity contribution in [2.75, 3.05) is 13.2 Å². The Morgan fingerprint density at radius 3 is 2.21 bits per heavy atom. The van der Waals surface area contributed by atoms with Crippen molar-refractivity contribution in [2.24, 2.45) is 11.8 Å². The third kappa shape index (κ3) is 10.5. The van der Waals surface area contributed by atoms with Crippen LogP contribution in [0.4, 0.5) is 0 Å². The van der Waals surface area contributed by atoms with Crippen LogP contribution in [0.1, 0.15) is 54.8 Å². The number of carbonyl (C=O) groups is 3. The maximum absolute atomic E-state index is 13.6. The summed E-state index contributed by atoms with van der Waals surface area (Å²) in [7, 11) is 0. The second-order valence-corrected chi connectivity index (χ2v) is 11.2. The highest BCUT2D eigenvalue weighted by Gasteiger charge is 2.27. The molecule has 0 unspecified atom stereocenters. The summed E-state index contributed by atoms with van der Waals surface area (Å²) < 4.78 is 5.85. The number of allylic oxidation sites excluding steroid dienone is 2. The summed E-state index contributed by atoms with van der Waals surface area (Å²) in [5.74, 6) is -1.76. The van der Waals surface area contributed by atoms with Crippen molar-refractivity contribution >= 4 is 17.8 Å². The van der Waals surface area contributed by atoms with E-state index < -0.39 is 18.0 Å². The molecule has 0 radical (unpaired) electrons. The Labute approximate surface area is 254 Å². The summed E-state index contributed by atoms with van der Waals surface area (Å²) in [4.78, 5) is 40.0. The zero-order valence-electron chi connectivity index (χ0n) is 24.6. The van der Waals surface area contributed by atoms with Gasteiger partial charge in [0.15, 0.2) is 0 Å². The molecular weight excluding hydrogens is 540 g/mol. The number of esters is 1. The summed E-state index contributed by atoms with van der Waals surface area (Å²) in [5, 5.41) is 15.8. The van der Waals surface area contributed by atoms with Gasteiger partial charge in [-0.1, -0.05) is 103 Å². The minimum Gasteiger partial charge on any atom is -0.463 e. The van der Waals surface area contributed by atoms with Crippen molar-refractivity contribution in [3.63, 3.8) is 0 Å². The maximum Gasteiger partial charge on any atom is 0.309 e. The number of aliphatic hydroxyl groups is 1. The molecule has 3 aromatic carbocycles. The largest absolute Gasteiger partial charge is 0.463 e. The molecule has 0 fully saturated rings. The van der Waals surface area contributed by atoms with E-state index in [0.29, 0.717) is 25.7 Å². The van der Waals surface area contributed by atoms with Crippen molar-refractivity contribution in [1.82, 2.24) is 10.6 Å². The number of amides is 2. The highest BCUT2D eigenvalue weighted by Crippen LogP contribution is 2.22. The highest BCUT2D eigenvalue weighted by molar-refractivity contribution is 5.86. The molecule has 2 amide bonds. The van der Waals surface area contributed by atoms with E-state index in [4.69, 9.17) is 4.74 Å². The molecule has 0 saturated carbocycles. The van der Waals surface area contributed by atoms with Gasteiger partial charge >= 0.3 is 5.97 Å². The van der Waals surface area contributed by atoms with Crippen LogP contribution < -0.4 is 10.6 Å². The Hall–Kier alpha value is -4.23. The van der Waals surface area contributed by atoms with Crippen molar-refractivity contribution < 1.29 is 24.2 Å². The first-order chi connectivity index (χ1) is 21.0. The highest BCUT2D eigenvalue weighted by atomic mass is 16.5. The number of benzene rings is 3. The molecule has 4 rings (SSSR count). The fourth-order valence-corrected chi connectivity index (χ4v) is 5.40. The van der Waals surface area contributed by atoms with Crippen molar-refractivity contribution in [2.45, 2.75) is 57.0 Å². The summed E-state index contributed by atoms with van der Waals surface area (Å²) >= 11 is 0. The van der Waals surface area contributed by atoms with Gasteiger partial charge in [0.2, 0.25) is 11.8 Å². The number of ether oxygens (including phenoxy) is 1. The predicted octanol–water partition coefficient (Wildman–Crippen LogP) is 5.10. The molecule has 43 heavy (non-hydrogen) atoms. The van der Waals surface area contributed by atoms with Crippen LogP contribution in [0.5, 0.6) is 0 Å². The molecule has 7 nitrogen and oxygen atoms in total. The van der Waals surface area contributed by atoms with Crippen LogP contribution in [-0.2, 0) is 32.0 Å². The Morgan fingerprint density at radius 1 is 0.884 bits per heavy atom. The molecule has 226 valence electrons. The number of cyclic esters (lactones) is 1. The Morgan fingerprint density at radius 2 is 1.53 bits per heavy atom. The number of hydrogen-bond acceptors (Lipinski definition) is 5. The molecule has 0 aromatic heterocycles. The molecule has 7 heteroatoms. The number of rotatable bonds is 9. The first-order valence-corrected chi connectivity index (χ1v) is 15.2. The molecule has 1 heterocycles. The second-order valence-electron chi connectivity index (χ2n) is 11.2. The molecule has 0 aliphatic carbocycles. The van der Waals surface area contributed by atoms with E-state index in [9.17, 15) is 19.5 Å². The van der Waals surface area contributed by atoms with E-state index in [1.54, 1.807) is 0 Å². The van der Waals surface area contributed by atoms with Gasteiger partial charge in [-0.3, -0.25) is 14.4 Å². The first-order valence-electron chi connectivity index (χ1n) is 15.2. The number of nitrogens with one attached hydrogen (secondary N) is 2. The molecule has 0 saturated heterocycles. The van der Waals surface area contributed by atoms with E-state index >= 15 is 0 Å². The maximum atomic E-state index is 13.6. The smallest absolute Gasteiger partial charge is 0.309 e. The van der Waals surface area contributed by atoms with Crippen LogP contribution in [0.3, 0.4) is 0 Å². The zero-order chi connectivity index (χ0) is 30.3. The van der Waals surface area contributed by atoms with Gasteiger partial charge < -0.3 is 20.5 Å². The van der Waals surface area contributed by atoms with Crippen LogP contribution in [0.15, 0.2) is 103 Å². The molecule has 1 aliphatic heterocycles. The molecule has 0 bridgehead atoms. The first kappa shape index (κ1) is 31.7. The van der Waals surface area contributed by atoms with Crippen molar-refractivity contribution in [1.29, 1.82) is 0 Å². The van der Waals surface area contributed by atoms with Crippen molar-refractivity contribution in [3.05, 3.63) is 120 Å².